The quantitative estimate of drug-likeness (QED) is 0.230. The molecule has 1 saturated heterocycles. The molecule has 1 N–H and O–H groups in total. The topological polar surface area (TPSA) is 122 Å². The summed E-state index contributed by atoms with van der Waals surface area (Å²) in [6.07, 6.45) is 1.87. The number of anilines is 1. The highest BCUT2D eigenvalue weighted by atomic mass is 35.5. The second-order valence-corrected chi connectivity index (χ2v) is 11.9. The molecule has 0 saturated carbocycles. The highest BCUT2D eigenvalue weighted by Crippen LogP contribution is 2.36. The average Bonchev–Trinajstić information content (AvgIpc) is 3.45. The number of Topliss-reactive ketones (excluding diaryl/α,β-unsaturated/α-hetero) is 1. The summed E-state index contributed by atoms with van der Waals surface area (Å²) >= 11 is 13.4. The predicted octanol–water partition coefficient (Wildman–Crippen LogP) is 4.64. The zero-order valence-corrected chi connectivity index (χ0v) is 28.1. The van der Waals surface area contributed by atoms with Crippen LogP contribution in [0.25, 0.3) is 11.0 Å². The van der Waals surface area contributed by atoms with Gasteiger partial charge in [0.1, 0.15) is 23.7 Å². The number of imidazole rings is 1. The Bertz CT molecular complexity index is 1740. The van der Waals surface area contributed by atoms with Crippen LogP contribution in [0.4, 0.5) is 10.5 Å². The summed E-state index contributed by atoms with van der Waals surface area (Å²) in [5.41, 5.74) is 3.23. The SMILES string of the molecule is CNC(=O)N1CCN(CC(=O)CCC(=O)N(C)c2ccc(Cl)c(COc3cccc4c3nc(OC)n4Cc3ccccn3)c2Cl)CC1. The number of urea groups is 1. The van der Waals surface area contributed by atoms with Gasteiger partial charge < -0.3 is 24.6 Å². The number of hydrogen-bond acceptors (Lipinski definition) is 8. The van der Waals surface area contributed by atoms with Crippen molar-refractivity contribution < 1.29 is 23.9 Å². The van der Waals surface area contributed by atoms with Gasteiger partial charge in [-0.05, 0) is 36.4 Å². The molecule has 0 unspecified atom stereocenters. The molecule has 4 aromatic rings. The molecular formula is C33H37Cl2N7O5. The van der Waals surface area contributed by atoms with E-state index in [0.717, 1.165) is 11.2 Å². The molecule has 1 aliphatic heterocycles. The first kappa shape index (κ1) is 34.0. The van der Waals surface area contributed by atoms with E-state index in [-0.39, 0.29) is 48.7 Å². The Morgan fingerprint density at radius 1 is 1.00 bits per heavy atom. The number of ether oxygens (including phenoxy) is 2. The van der Waals surface area contributed by atoms with E-state index in [2.05, 4.69) is 15.3 Å². The molecule has 0 atom stereocenters. The second-order valence-electron chi connectivity index (χ2n) is 11.1. The molecule has 5 rings (SSSR count). The maximum absolute atomic E-state index is 13.1. The molecule has 14 heteroatoms. The van der Waals surface area contributed by atoms with E-state index < -0.39 is 0 Å². The first-order chi connectivity index (χ1) is 22.7. The number of rotatable bonds is 12. The van der Waals surface area contributed by atoms with Gasteiger partial charge in [0.15, 0.2) is 0 Å². The van der Waals surface area contributed by atoms with Crippen LogP contribution in [0, 0.1) is 0 Å². The van der Waals surface area contributed by atoms with Gasteiger partial charge in [-0.25, -0.2) is 4.79 Å². The molecule has 12 nitrogen and oxygen atoms in total. The van der Waals surface area contributed by atoms with Crippen molar-refractivity contribution in [1.82, 2.24) is 29.7 Å². The van der Waals surface area contributed by atoms with Crippen LogP contribution in [0.2, 0.25) is 10.0 Å². The number of benzene rings is 2. The molecule has 3 heterocycles. The summed E-state index contributed by atoms with van der Waals surface area (Å²) in [6, 6.07) is 15.0. The Kier molecular flexibility index (Phi) is 11.2. The zero-order chi connectivity index (χ0) is 33.5. The maximum Gasteiger partial charge on any atom is 0.317 e. The Morgan fingerprint density at radius 3 is 2.49 bits per heavy atom. The summed E-state index contributed by atoms with van der Waals surface area (Å²) in [7, 11) is 4.78. The smallest absolute Gasteiger partial charge is 0.317 e. The molecule has 2 aromatic carbocycles. The summed E-state index contributed by atoms with van der Waals surface area (Å²) in [4.78, 5) is 51.8. The standard InChI is InChI=1S/C33H37Cl2N7O5/c1-36-32(45)41-17-15-40(16-18-41)20-23(43)10-13-29(44)39(2)26-12-11-25(34)24(30(26)35)21-47-28-9-6-8-27-31(28)38-33(46-3)42(27)19-22-7-4-5-14-37-22/h4-9,11-12,14H,10,13,15-21H2,1-3H3,(H,36,45). The van der Waals surface area contributed by atoms with Crippen molar-refractivity contribution in [1.29, 1.82) is 0 Å². The molecule has 0 radical (unpaired) electrons. The highest BCUT2D eigenvalue weighted by molar-refractivity contribution is 6.38. The van der Waals surface area contributed by atoms with Crippen LogP contribution in [0.1, 0.15) is 24.1 Å². The van der Waals surface area contributed by atoms with Crippen LogP contribution in [0.15, 0.2) is 54.7 Å². The number of nitrogens with one attached hydrogen (secondary N) is 1. The van der Waals surface area contributed by atoms with Gasteiger partial charge in [0, 0.05) is 69.9 Å². The summed E-state index contributed by atoms with van der Waals surface area (Å²) in [5, 5.41) is 3.28. The number of halogens is 2. The summed E-state index contributed by atoms with van der Waals surface area (Å²) < 4.78 is 13.7. The van der Waals surface area contributed by atoms with Crippen LogP contribution in [-0.4, -0.2) is 96.0 Å². The number of hydrogen-bond donors (Lipinski definition) is 1. The Morgan fingerprint density at radius 2 is 1.79 bits per heavy atom. The van der Waals surface area contributed by atoms with Crippen molar-refractivity contribution in [3.8, 4) is 11.8 Å². The molecule has 3 amide bonds. The first-order valence-corrected chi connectivity index (χ1v) is 16.0. The molecule has 47 heavy (non-hydrogen) atoms. The minimum Gasteiger partial charge on any atom is -0.486 e. The lowest BCUT2D eigenvalue weighted by Crippen LogP contribution is -2.52. The fourth-order valence-corrected chi connectivity index (χ4v) is 6.06. The van der Waals surface area contributed by atoms with Gasteiger partial charge in [0.05, 0.1) is 42.1 Å². The molecule has 1 aliphatic rings. The number of para-hydroxylation sites is 1. The van der Waals surface area contributed by atoms with E-state index >= 15 is 0 Å². The monoisotopic (exact) mass is 681 g/mol. The molecule has 0 bridgehead atoms. The Balaban J connectivity index is 1.22. The number of methoxy groups -OCH3 is 1. The number of piperazine rings is 1. The van der Waals surface area contributed by atoms with Crippen LogP contribution in [-0.2, 0) is 22.7 Å². The van der Waals surface area contributed by atoms with Crippen molar-refractivity contribution in [2.45, 2.75) is 26.0 Å². The molecular weight excluding hydrogens is 645 g/mol. The number of nitrogens with zero attached hydrogens (tertiary/aromatic N) is 6. The summed E-state index contributed by atoms with van der Waals surface area (Å²) in [5.74, 6) is 0.218. The first-order valence-electron chi connectivity index (χ1n) is 15.2. The minimum atomic E-state index is -0.255. The number of fused-ring (bicyclic) bond motifs is 1. The molecule has 0 spiro atoms. The van der Waals surface area contributed by atoms with Crippen molar-refractivity contribution in [2.24, 2.45) is 0 Å². The number of carbonyl (C=O) groups is 3. The van der Waals surface area contributed by atoms with Gasteiger partial charge in [0.2, 0.25) is 5.91 Å². The number of amides is 3. The van der Waals surface area contributed by atoms with Crippen molar-refractivity contribution >= 4 is 57.6 Å². The third-order valence-corrected chi connectivity index (χ3v) is 8.88. The van der Waals surface area contributed by atoms with Gasteiger partial charge in [-0.15, -0.1) is 0 Å². The third kappa shape index (κ3) is 7.95. The van der Waals surface area contributed by atoms with E-state index in [9.17, 15) is 14.4 Å². The molecule has 1 fully saturated rings. The van der Waals surface area contributed by atoms with Crippen molar-refractivity contribution in [3.05, 3.63) is 76.0 Å². The Labute approximate surface area is 283 Å². The second kappa shape index (κ2) is 15.5. The third-order valence-electron chi connectivity index (χ3n) is 8.10. The van der Waals surface area contributed by atoms with E-state index in [4.69, 9.17) is 32.7 Å². The molecule has 2 aromatic heterocycles. The largest absolute Gasteiger partial charge is 0.486 e. The van der Waals surface area contributed by atoms with E-state index in [1.165, 1.54) is 4.90 Å². The lowest BCUT2D eigenvalue weighted by molar-refractivity contribution is -0.124. The van der Waals surface area contributed by atoms with Gasteiger partial charge >= 0.3 is 6.03 Å². The van der Waals surface area contributed by atoms with E-state index in [0.29, 0.717) is 66.3 Å². The van der Waals surface area contributed by atoms with Crippen LogP contribution < -0.4 is 19.7 Å². The fourth-order valence-electron chi connectivity index (χ4n) is 5.45. The van der Waals surface area contributed by atoms with Gasteiger partial charge in [-0.3, -0.25) is 24.0 Å². The van der Waals surface area contributed by atoms with Crippen molar-refractivity contribution in [3.63, 3.8) is 0 Å². The summed E-state index contributed by atoms with van der Waals surface area (Å²) in [6.45, 7) is 3.03. The predicted molar refractivity (Wildman–Crippen MR) is 181 cm³/mol. The lowest BCUT2D eigenvalue weighted by atomic mass is 10.1. The fraction of sp³-hybridized carbons (Fsp3) is 0.364. The zero-order valence-electron chi connectivity index (χ0n) is 26.5. The maximum atomic E-state index is 13.1. The van der Waals surface area contributed by atoms with Crippen molar-refractivity contribution in [2.75, 3.05) is 58.8 Å². The van der Waals surface area contributed by atoms with Gasteiger partial charge in [-0.2, -0.15) is 4.98 Å². The molecule has 0 aliphatic carbocycles. The average molecular weight is 683 g/mol. The number of ketones is 1. The van der Waals surface area contributed by atoms with Crippen LogP contribution in [0.3, 0.4) is 0 Å². The Hall–Kier alpha value is -4.39. The van der Waals surface area contributed by atoms with Crippen LogP contribution >= 0.6 is 23.2 Å². The van der Waals surface area contributed by atoms with Gasteiger partial charge in [0.25, 0.3) is 6.01 Å². The number of carbonyl (C=O) groups excluding carboxylic acids is 3. The minimum absolute atomic E-state index is 0.0216. The van der Waals surface area contributed by atoms with E-state index in [1.807, 2.05) is 39.8 Å². The highest BCUT2D eigenvalue weighted by Gasteiger charge is 2.24. The molecule has 248 valence electrons. The lowest BCUT2D eigenvalue weighted by Gasteiger charge is -2.34. The number of pyridine rings is 1. The van der Waals surface area contributed by atoms with Gasteiger partial charge in [-0.1, -0.05) is 35.3 Å². The van der Waals surface area contributed by atoms with E-state index in [1.54, 1.807) is 50.5 Å². The normalized spacial score (nSPS) is 13.4. The number of aromatic nitrogens is 3. The van der Waals surface area contributed by atoms with Crippen LogP contribution in [0.5, 0.6) is 11.8 Å².